The molecular formula is C31H26N4O5. The number of amides is 4. The first-order valence-electron chi connectivity index (χ1n) is 12.3. The minimum Gasteiger partial charge on any atom is -0.326 e. The number of rotatable bonds is 8. The van der Waals surface area contributed by atoms with Crippen LogP contribution < -0.4 is 21.3 Å². The van der Waals surface area contributed by atoms with Gasteiger partial charge in [-0.15, -0.1) is 0 Å². The van der Waals surface area contributed by atoms with E-state index < -0.39 is 0 Å². The lowest BCUT2D eigenvalue weighted by molar-refractivity contribution is -0.115. The summed E-state index contributed by atoms with van der Waals surface area (Å²) in [6, 6.07) is 26.0. The Labute approximate surface area is 230 Å². The third-order valence-electron chi connectivity index (χ3n) is 5.70. The molecule has 9 nitrogen and oxygen atoms in total. The Morgan fingerprint density at radius 2 is 0.800 bits per heavy atom. The summed E-state index contributed by atoms with van der Waals surface area (Å²) in [7, 11) is 0. The van der Waals surface area contributed by atoms with Crippen LogP contribution in [-0.4, -0.2) is 29.4 Å². The molecule has 0 bridgehead atoms. The van der Waals surface area contributed by atoms with Gasteiger partial charge in [0.2, 0.25) is 11.8 Å². The molecule has 9 heteroatoms. The first-order valence-corrected chi connectivity index (χ1v) is 12.3. The number of carbonyl (C=O) groups is 5. The lowest BCUT2D eigenvalue weighted by atomic mass is 10.0. The quantitative estimate of drug-likeness (QED) is 0.227. The summed E-state index contributed by atoms with van der Waals surface area (Å²) in [5, 5.41) is 10.8. The van der Waals surface area contributed by atoms with Crippen molar-refractivity contribution in [2.45, 2.75) is 13.8 Å². The largest absolute Gasteiger partial charge is 0.326 e. The van der Waals surface area contributed by atoms with Gasteiger partial charge < -0.3 is 21.3 Å². The van der Waals surface area contributed by atoms with Crippen LogP contribution in [0.25, 0.3) is 0 Å². The number of carbonyl (C=O) groups excluding carboxylic acids is 5. The van der Waals surface area contributed by atoms with Crippen molar-refractivity contribution >= 4 is 52.2 Å². The van der Waals surface area contributed by atoms with Crippen molar-refractivity contribution in [3.63, 3.8) is 0 Å². The van der Waals surface area contributed by atoms with Crippen LogP contribution in [0.3, 0.4) is 0 Å². The number of hydrogen-bond acceptors (Lipinski definition) is 5. The Morgan fingerprint density at radius 1 is 0.425 bits per heavy atom. The molecule has 0 heterocycles. The highest BCUT2D eigenvalue weighted by Gasteiger charge is 2.14. The highest BCUT2D eigenvalue weighted by atomic mass is 16.2. The van der Waals surface area contributed by atoms with Gasteiger partial charge in [0.15, 0.2) is 5.78 Å². The van der Waals surface area contributed by atoms with Crippen molar-refractivity contribution in [3.8, 4) is 0 Å². The van der Waals surface area contributed by atoms with Crippen LogP contribution in [0.1, 0.15) is 50.5 Å². The summed E-state index contributed by atoms with van der Waals surface area (Å²) in [6.45, 7) is 2.80. The molecule has 40 heavy (non-hydrogen) atoms. The average Bonchev–Trinajstić information content (AvgIpc) is 2.93. The van der Waals surface area contributed by atoms with E-state index in [1.165, 1.54) is 13.8 Å². The van der Waals surface area contributed by atoms with Crippen LogP contribution in [0.4, 0.5) is 22.7 Å². The maximum atomic E-state index is 13.2. The van der Waals surface area contributed by atoms with Crippen LogP contribution >= 0.6 is 0 Å². The van der Waals surface area contributed by atoms with E-state index in [0.717, 1.165) is 0 Å². The zero-order valence-corrected chi connectivity index (χ0v) is 21.8. The van der Waals surface area contributed by atoms with Crippen LogP contribution in [0, 0.1) is 0 Å². The van der Waals surface area contributed by atoms with Crippen molar-refractivity contribution in [3.05, 3.63) is 119 Å². The average molecular weight is 535 g/mol. The smallest absolute Gasteiger partial charge is 0.255 e. The van der Waals surface area contributed by atoms with Crippen LogP contribution in [-0.2, 0) is 9.59 Å². The van der Waals surface area contributed by atoms with Crippen LogP contribution in [0.5, 0.6) is 0 Å². The van der Waals surface area contributed by atoms with Gasteiger partial charge in [-0.2, -0.15) is 0 Å². The van der Waals surface area contributed by atoms with E-state index in [1.54, 1.807) is 97.1 Å². The van der Waals surface area contributed by atoms with Crippen LogP contribution in [0.15, 0.2) is 97.1 Å². The van der Waals surface area contributed by atoms with E-state index in [4.69, 9.17) is 0 Å². The second-order valence-electron chi connectivity index (χ2n) is 8.92. The molecule has 0 atom stereocenters. The summed E-state index contributed by atoms with van der Waals surface area (Å²) < 4.78 is 0. The first kappa shape index (κ1) is 27.5. The van der Waals surface area contributed by atoms with E-state index in [9.17, 15) is 24.0 Å². The Balaban J connectivity index is 1.43. The molecular weight excluding hydrogens is 508 g/mol. The maximum Gasteiger partial charge on any atom is 0.255 e. The van der Waals surface area contributed by atoms with Gasteiger partial charge in [-0.1, -0.05) is 24.3 Å². The fourth-order valence-corrected chi connectivity index (χ4v) is 3.87. The predicted octanol–water partition coefficient (Wildman–Crippen LogP) is 5.34. The molecule has 4 amide bonds. The maximum absolute atomic E-state index is 13.2. The second kappa shape index (κ2) is 12.3. The fourth-order valence-electron chi connectivity index (χ4n) is 3.87. The fraction of sp³-hybridized carbons (Fsp3) is 0.0645. The number of ketones is 1. The number of nitrogens with one attached hydrogen (secondary N) is 4. The van der Waals surface area contributed by atoms with E-state index in [2.05, 4.69) is 21.3 Å². The van der Waals surface area contributed by atoms with Gasteiger partial charge in [-0.05, 0) is 72.8 Å². The highest BCUT2D eigenvalue weighted by molar-refractivity contribution is 6.12. The van der Waals surface area contributed by atoms with Gasteiger partial charge in [0.05, 0.1) is 0 Å². The molecule has 0 spiro atoms. The molecule has 4 aromatic carbocycles. The Kier molecular flexibility index (Phi) is 8.46. The van der Waals surface area contributed by atoms with Gasteiger partial charge in [0, 0.05) is 58.9 Å². The number of benzene rings is 4. The first-order chi connectivity index (χ1) is 19.2. The van der Waals surface area contributed by atoms with Gasteiger partial charge in [-0.25, -0.2) is 0 Å². The van der Waals surface area contributed by atoms with Crippen molar-refractivity contribution < 1.29 is 24.0 Å². The van der Waals surface area contributed by atoms with E-state index in [0.29, 0.717) is 45.0 Å². The van der Waals surface area contributed by atoms with Gasteiger partial charge in [-0.3, -0.25) is 24.0 Å². The molecule has 0 saturated heterocycles. The van der Waals surface area contributed by atoms with Crippen molar-refractivity contribution in [1.29, 1.82) is 0 Å². The van der Waals surface area contributed by atoms with Gasteiger partial charge in [0.1, 0.15) is 0 Å². The Bertz CT molecular complexity index is 1480. The third-order valence-corrected chi connectivity index (χ3v) is 5.70. The lowest BCUT2D eigenvalue weighted by Gasteiger charge is -2.10. The third kappa shape index (κ3) is 7.26. The van der Waals surface area contributed by atoms with E-state index in [1.807, 2.05) is 0 Å². The molecule has 0 aliphatic carbocycles. The van der Waals surface area contributed by atoms with E-state index in [-0.39, 0.29) is 29.4 Å². The molecule has 0 unspecified atom stereocenters. The molecule has 4 rings (SSSR count). The second-order valence-corrected chi connectivity index (χ2v) is 8.92. The molecule has 0 saturated carbocycles. The summed E-state index contributed by atoms with van der Waals surface area (Å²) in [5.74, 6) is -1.43. The summed E-state index contributed by atoms with van der Waals surface area (Å²) >= 11 is 0. The summed E-state index contributed by atoms with van der Waals surface area (Å²) in [5.41, 5.74) is 3.53. The minimum absolute atomic E-state index is 0.207. The summed E-state index contributed by atoms with van der Waals surface area (Å²) in [4.78, 5) is 60.9. The molecule has 0 aliphatic heterocycles. The lowest BCUT2D eigenvalue weighted by Crippen LogP contribution is -2.13. The molecule has 4 aromatic rings. The molecule has 200 valence electrons. The summed E-state index contributed by atoms with van der Waals surface area (Å²) in [6.07, 6.45) is 0. The number of hydrogen-bond donors (Lipinski definition) is 4. The molecule has 0 radical (unpaired) electrons. The zero-order chi connectivity index (χ0) is 28.6. The standard InChI is InChI=1S/C31H26N4O5/c1-19(36)32-25-13-9-21(10-14-25)30(39)34-27-7-3-5-23(17-27)29(38)24-6-4-8-28(18-24)35-31(40)22-11-15-26(16-12-22)33-20(2)37/h3-18H,1-2H3,(H,32,36)(H,33,37)(H,34,39)(H,35,40). The molecule has 4 N–H and O–H groups in total. The Hall–Kier alpha value is -5.57. The SMILES string of the molecule is CC(=O)Nc1ccc(C(=O)Nc2cccc(C(=O)c3cccc(NC(=O)c4ccc(NC(C)=O)cc4)c3)c2)cc1. The molecule has 0 aromatic heterocycles. The monoisotopic (exact) mass is 534 g/mol. The van der Waals surface area contributed by atoms with Gasteiger partial charge in [0.25, 0.3) is 11.8 Å². The van der Waals surface area contributed by atoms with Crippen molar-refractivity contribution in [2.75, 3.05) is 21.3 Å². The zero-order valence-electron chi connectivity index (χ0n) is 21.8. The van der Waals surface area contributed by atoms with Crippen LogP contribution in [0.2, 0.25) is 0 Å². The molecule has 0 fully saturated rings. The topological polar surface area (TPSA) is 133 Å². The number of anilines is 4. The van der Waals surface area contributed by atoms with Crippen molar-refractivity contribution in [2.24, 2.45) is 0 Å². The normalized spacial score (nSPS) is 10.2. The molecule has 0 aliphatic rings. The predicted molar refractivity (Wildman–Crippen MR) is 154 cm³/mol. The minimum atomic E-state index is -0.367. The van der Waals surface area contributed by atoms with Crippen molar-refractivity contribution in [1.82, 2.24) is 0 Å². The Morgan fingerprint density at radius 3 is 1.15 bits per heavy atom. The van der Waals surface area contributed by atoms with E-state index >= 15 is 0 Å². The van der Waals surface area contributed by atoms with Gasteiger partial charge >= 0.3 is 0 Å². The highest BCUT2D eigenvalue weighted by Crippen LogP contribution is 2.20.